The molecule has 0 aliphatic heterocycles. The van der Waals surface area contributed by atoms with Crippen LogP contribution in [0.15, 0.2) is 24.5 Å². The van der Waals surface area contributed by atoms with Crippen molar-refractivity contribution < 1.29 is 19.3 Å². The summed E-state index contributed by atoms with van der Waals surface area (Å²) in [6.07, 6.45) is 0. The summed E-state index contributed by atoms with van der Waals surface area (Å²) in [6.45, 7) is 9.67. The zero-order valence-electron chi connectivity index (χ0n) is 7.25. The minimum absolute atomic E-state index is 0.265. The van der Waals surface area contributed by atoms with E-state index >= 15 is 0 Å². The Labute approximate surface area is 71.3 Å². The Morgan fingerprint density at radius 1 is 1.33 bits per heavy atom. The van der Waals surface area contributed by atoms with Crippen LogP contribution in [0.1, 0.15) is 13.8 Å². The minimum Gasteiger partial charge on any atom is -0.431 e. The molecule has 0 amide bonds. The average molecular weight is 172 g/mol. The molecule has 0 bridgehead atoms. The Hall–Kier alpha value is -1.29. The fourth-order valence-electron chi connectivity index (χ4n) is 0.325. The lowest BCUT2D eigenvalue weighted by molar-refractivity contribution is -0.302. The Morgan fingerprint density at radius 2 is 1.92 bits per heavy atom. The van der Waals surface area contributed by atoms with Crippen LogP contribution in [-0.2, 0) is 19.3 Å². The van der Waals surface area contributed by atoms with Gasteiger partial charge in [0.15, 0.2) is 0 Å². The highest BCUT2D eigenvalue weighted by atomic mass is 17.2. The van der Waals surface area contributed by atoms with Gasteiger partial charge >= 0.3 is 5.97 Å². The van der Waals surface area contributed by atoms with Crippen LogP contribution in [0.5, 0.6) is 0 Å². The molecule has 0 aliphatic carbocycles. The second kappa shape index (κ2) is 5.37. The van der Waals surface area contributed by atoms with Gasteiger partial charge < -0.3 is 9.62 Å². The van der Waals surface area contributed by atoms with Gasteiger partial charge in [-0.25, -0.2) is 4.79 Å². The number of allylic oxidation sites excluding steroid dienone is 1. The Balaban J connectivity index is 3.38. The van der Waals surface area contributed by atoms with Crippen molar-refractivity contribution >= 4 is 5.97 Å². The van der Waals surface area contributed by atoms with Crippen LogP contribution >= 0.6 is 0 Å². The van der Waals surface area contributed by atoms with Gasteiger partial charge in [-0.1, -0.05) is 13.2 Å². The minimum atomic E-state index is -0.514. The van der Waals surface area contributed by atoms with E-state index in [0.717, 1.165) is 0 Å². The van der Waals surface area contributed by atoms with E-state index in [1.165, 1.54) is 0 Å². The zero-order chi connectivity index (χ0) is 9.56. The summed E-state index contributed by atoms with van der Waals surface area (Å²) in [5.74, 6) is -0.123. The number of carbonyl (C=O) groups is 1. The molecule has 0 fully saturated rings. The maximum atomic E-state index is 10.7. The molecule has 0 heterocycles. The van der Waals surface area contributed by atoms with E-state index in [4.69, 9.17) is 0 Å². The van der Waals surface area contributed by atoms with E-state index in [-0.39, 0.29) is 6.79 Å². The third-order valence-electron chi connectivity index (χ3n) is 0.788. The topological polar surface area (TPSA) is 44.8 Å². The van der Waals surface area contributed by atoms with E-state index in [9.17, 15) is 4.79 Å². The molecule has 4 heteroatoms. The standard InChI is InChI=1S/C8H12O4/c1-6(2)8(9)10-5-11-12-7(3)4/h1,3,5H2,2,4H3. The van der Waals surface area contributed by atoms with E-state index in [2.05, 4.69) is 27.7 Å². The Kier molecular flexibility index (Phi) is 4.79. The number of esters is 1. The van der Waals surface area contributed by atoms with E-state index in [1.807, 2.05) is 0 Å². The summed E-state index contributed by atoms with van der Waals surface area (Å²) in [5, 5.41) is 0. The van der Waals surface area contributed by atoms with Gasteiger partial charge in [-0.05, 0) is 13.8 Å². The highest BCUT2D eigenvalue weighted by Crippen LogP contribution is 1.95. The van der Waals surface area contributed by atoms with Crippen molar-refractivity contribution in [1.82, 2.24) is 0 Å². The molecule has 0 saturated heterocycles. The number of hydrogen-bond donors (Lipinski definition) is 0. The number of rotatable bonds is 5. The molecule has 0 unspecified atom stereocenters. The molecule has 0 N–H and O–H groups in total. The van der Waals surface area contributed by atoms with Crippen LogP contribution in [0.4, 0.5) is 0 Å². The molecule has 0 radical (unpaired) electrons. The largest absolute Gasteiger partial charge is 0.431 e. The summed E-state index contributed by atoms with van der Waals surface area (Å²) in [6, 6.07) is 0. The highest BCUT2D eigenvalue weighted by molar-refractivity contribution is 5.86. The van der Waals surface area contributed by atoms with E-state index in [1.54, 1.807) is 13.8 Å². The van der Waals surface area contributed by atoms with Crippen molar-refractivity contribution in [3.63, 3.8) is 0 Å². The number of carbonyl (C=O) groups excluding carboxylic acids is 1. The molecule has 0 aromatic heterocycles. The van der Waals surface area contributed by atoms with Gasteiger partial charge in [-0.2, -0.15) is 0 Å². The van der Waals surface area contributed by atoms with Crippen molar-refractivity contribution in [2.75, 3.05) is 6.79 Å². The summed E-state index contributed by atoms with van der Waals surface area (Å²) in [5.41, 5.74) is 0.314. The molecule has 0 atom stereocenters. The van der Waals surface area contributed by atoms with Crippen molar-refractivity contribution in [2.45, 2.75) is 13.8 Å². The predicted molar refractivity (Wildman–Crippen MR) is 42.8 cm³/mol. The first kappa shape index (κ1) is 10.7. The van der Waals surface area contributed by atoms with Gasteiger partial charge in [0.1, 0.15) is 5.76 Å². The summed E-state index contributed by atoms with van der Waals surface area (Å²) in [7, 11) is 0. The lowest BCUT2D eigenvalue weighted by atomic mass is 10.4. The van der Waals surface area contributed by atoms with Crippen LogP contribution in [0.25, 0.3) is 0 Å². The lowest BCUT2D eigenvalue weighted by Crippen LogP contribution is -2.08. The molecular formula is C8H12O4. The van der Waals surface area contributed by atoms with Gasteiger partial charge in [-0.15, -0.1) is 4.89 Å². The predicted octanol–water partition coefficient (Wildman–Crippen LogP) is 1.54. The molecule has 4 nitrogen and oxygen atoms in total. The first-order valence-electron chi connectivity index (χ1n) is 3.31. The van der Waals surface area contributed by atoms with Crippen LogP contribution in [-0.4, -0.2) is 12.8 Å². The second-order valence-corrected chi connectivity index (χ2v) is 2.23. The molecule has 12 heavy (non-hydrogen) atoms. The quantitative estimate of drug-likeness (QED) is 0.120. The van der Waals surface area contributed by atoms with Crippen molar-refractivity contribution in [1.29, 1.82) is 0 Å². The molecular weight excluding hydrogens is 160 g/mol. The lowest BCUT2D eigenvalue weighted by Gasteiger charge is -2.04. The molecule has 0 aliphatic rings. The summed E-state index contributed by atoms with van der Waals surface area (Å²) < 4.78 is 4.53. The number of ether oxygens (including phenoxy) is 1. The molecule has 0 aromatic rings. The van der Waals surface area contributed by atoms with Crippen molar-refractivity contribution in [3.8, 4) is 0 Å². The SMILES string of the molecule is C=C(C)OOCOC(=O)C(=C)C. The van der Waals surface area contributed by atoms with Gasteiger partial charge in [0.25, 0.3) is 0 Å². The van der Waals surface area contributed by atoms with Gasteiger partial charge in [0.2, 0.25) is 6.79 Å². The molecule has 0 saturated carbocycles. The van der Waals surface area contributed by atoms with Crippen molar-refractivity contribution in [2.24, 2.45) is 0 Å². The van der Waals surface area contributed by atoms with Gasteiger partial charge in [0, 0.05) is 5.57 Å². The third kappa shape index (κ3) is 5.49. The monoisotopic (exact) mass is 172 g/mol. The normalized spacial score (nSPS) is 8.83. The van der Waals surface area contributed by atoms with E-state index < -0.39 is 5.97 Å². The summed E-state index contributed by atoms with van der Waals surface area (Å²) >= 11 is 0. The average Bonchev–Trinajstić information content (AvgIpc) is 1.97. The first-order valence-corrected chi connectivity index (χ1v) is 3.31. The maximum absolute atomic E-state index is 10.7. The third-order valence-corrected chi connectivity index (χ3v) is 0.788. The Bertz CT molecular complexity index is 195. The second-order valence-electron chi connectivity index (χ2n) is 2.23. The summed E-state index contributed by atoms with van der Waals surface area (Å²) in [4.78, 5) is 19.6. The van der Waals surface area contributed by atoms with Crippen LogP contribution in [0.3, 0.4) is 0 Å². The zero-order valence-corrected chi connectivity index (χ0v) is 7.25. The molecule has 0 aromatic carbocycles. The van der Waals surface area contributed by atoms with Gasteiger partial charge in [0.05, 0.1) is 0 Å². The molecule has 0 spiro atoms. The number of hydrogen-bond acceptors (Lipinski definition) is 4. The smallest absolute Gasteiger partial charge is 0.335 e. The van der Waals surface area contributed by atoms with Crippen molar-refractivity contribution in [3.05, 3.63) is 24.5 Å². The van der Waals surface area contributed by atoms with Crippen LogP contribution < -0.4 is 0 Å². The van der Waals surface area contributed by atoms with Crippen LogP contribution in [0.2, 0.25) is 0 Å². The van der Waals surface area contributed by atoms with Crippen LogP contribution in [0, 0.1) is 0 Å². The maximum Gasteiger partial charge on any atom is 0.335 e. The molecule has 68 valence electrons. The van der Waals surface area contributed by atoms with E-state index in [0.29, 0.717) is 11.3 Å². The molecule has 0 rings (SSSR count). The fraction of sp³-hybridized carbons (Fsp3) is 0.375. The highest BCUT2D eigenvalue weighted by Gasteiger charge is 2.01. The Morgan fingerprint density at radius 3 is 2.33 bits per heavy atom. The van der Waals surface area contributed by atoms with Gasteiger partial charge in [-0.3, -0.25) is 0 Å². The fourth-order valence-corrected chi connectivity index (χ4v) is 0.325. The first-order chi connectivity index (χ1) is 5.54.